The smallest absolute Gasteiger partial charge is 0.408 e. The Morgan fingerprint density at radius 2 is 1.76 bits per heavy atom. The SMILES string of the molecule is C=CC1C[C@@]1(NC(=O)[C@@H]1C[C@@H](Oc2cc(-c3csc(NC(C)C)n3)nc3cc(OC)ccc23)CN1C(=O)[C@@H](NC(=O)OC(C)(C)C)C(C)(C)C)C(=O)NS(=O)(=O)C1(CC2CC2)CC1. The van der Waals surface area contributed by atoms with Crippen molar-refractivity contribution < 1.29 is 41.8 Å². The van der Waals surface area contributed by atoms with E-state index in [0.717, 1.165) is 18.0 Å². The number of fused-ring (bicyclic) bond motifs is 1. The molecule has 0 radical (unpaired) electrons. The zero-order valence-electron chi connectivity index (χ0n) is 37.6. The molecule has 2 aromatic heterocycles. The molecule has 4 fully saturated rings. The van der Waals surface area contributed by atoms with Crippen LogP contribution in [0.5, 0.6) is 11.5 Å². The van der Waals surface area contributed by atoms with Gasteiger partial charge in [-0.05, 0) is 83.8 Å². The predicted octanol–water partition coefficient (Wildman–Crippen LogP) is 6.31. The minimum atomic E-state index is -4.04. The van der Waals surface area contributed by atoms with Crippen molar-refractivity contribution >= 4 is 61.2 Å². The Morgan fingerprint density at radius 3 is 2.35 bits per heavy atom. The van der Waals surface area contributed by atoms with Crippen molar-refractivity contribution in [3.8, 4) is 22.9 Å². The summed E-state index contributed by atoms with van der Waals surface area (Å²) in [7, 11) is -2.48. The molecule has 3 heterocycles. The third kappa shape index (κ3) is 10.1. The van der Waals surface area contributed by atoms with Crippen LogP contribution in [0.1, 0.15) is 100 Å². The lowest BCUT2D eigenvalue weighted by Gasteiger charge is -2.36. The third-order valence-electron chi connectivity index (χ3n) is 12.1. The van der Waals surface area contributed by atoms with Crippen molar-refractivity contribution in [3.63, 3.8) is 0 Å². The number of carbonyl (C=O) groups is 4. The monoisotopic (exact) mass is 907 g/mol. The number of ether oxygens (including phenoxy) is 3. The Labute approximate surface area is 373 Å². The second kappa shape index (κ2) is 16.9. The van der Waals surface area contributed by atoms with Gasteiger partial charge in [-0.1, -0.05) is 39.7 Å². The Balaban J connectivity index is 1.21. The Morgan fingerprint density at radius 1 is 1.05 bits per heavy atom. The van der Waals surface area contributed by atoms with Gasteiger partial charge in [0, 0.05) is 41.3 Å². The van der Waals surface area contributed by atoms with E-state index < -0.39 is 79.2 Å². The standard InChI is InChI=1S/C45H61N7O9S2/c1-11-27-22-45(27,39(55)51-63(57,58)44(16-17-44)21-26-12-13-26)50-37(53)34-19-29(23-52(34)38(54)36(42(4,5)6)49-41(56)61-43(7,8)9)60-35-20-32(33-24-62-40(48-33)46-25(2)3)47-31-18-28(59-10)14-15-30(31)35/h11,14-15,18,20,24-27,29,34,36H,1,12-13,16-17,19,21-23H2,2-10H3,(H,46,48)(H,49,56)(H,50,53)(H,51,55)/t27?,29-,34+,36-,45+/m1/s1. The fraction of sp³-hybridized carbons (Fsp3) is 0.600. The summed E-state index contributed by atoms with van der Waals surface area (Å²) in [4.78, 5) is 67.8. The first-order valence-corrected chi connectivity index (χ1v) is 24.0. The average molecular weight is 908 g/mol. The lowest BCUT2D eigenvalue weighted by molar-refractivity contribution is -0.143. The number of nitrogens with zero attached hydrogens (tertiary/aromatic N) is 3. The van der Waals surface area contributed by atoms with Crippen molar-refractivity contribution in [2.75, 3.05) is 19.0 Å². The van der Waals surface area contributed by atoms with E-state index in [0.29, 0.717) is 59.0 Å². The van der Waals surface area contributed by atoms with Gasteiger partial charge >= 0.3 is 6.09 Å². The molecule has 0 spiro atoms. The third-order valence-corrected chi connectivity index (χ3v) is 15.0. The molecule has 4 amide bonds. The first kappa shape index (κ1) is 46.0. The number of amides is 4. The van der Waals surface area contributed by atoms with E-state index in [1.165, 1.54) is 22.3 Å². The summed E-state index contributed by atoms with van der Waals surface area (Å²) in [6, 6.07) is 5.00. The number of sulfonamides is 1. The summed E-state index contributed by atoms with van der Waals surface area (Å²) in [5.41, 5.74) is -1.58. The highest BCUT2D eigenvalue weighted by atomic mass is 32.2. The van der Waals surface area contributed by atoms with Crippen LogP contribution in [0.2, 0.25) is 0 Å². The van der Waals surface area contributed by atoms with Crippen LogP contribution in [0.15, 0.2) is 42.3 Å². The maximum Gasteiger partial charge on any atom is 0.408 e. The van der Waals surface area contributed by atoms with Crippen LogP contribution in [-0.2, 0) is 29.1 Å². The Bertz CT molecular complexity index is 2400. The molecule has 1 aromatic carbocycles. The summed E-state index contributed by atoms with van der Waals surface area (Å²) in [6.07, 6.45) is 3.50. The molecular weight excluding hydrogens is 847 g/mol. The van der Waals surface area contributed by atoms with Gasteiger partial charge < -0.3 is 35.1 Å². The zero-order chi connectivity index (χ0) is 45.9. The number of alkyl carbamates (subject to hydrolysis) is 1. The lowest BCUT2D eigenvalue weighted by Crippen LogP contribution is -2.60. The molecule has 3 aliphatic carbocycles. The molecule has 63 heavy (non-hydrogen) atoms. The molecular formula is C45H61N7O9S2. The fourth-order valence-corrected chi connectivity index (χ4v) is 10.8. The Kier molecular flexibility index (Phi) is 12.3. The molecule has 3 saturated carbocycles. The minimum absolute atomic E-state index is 0.00537. The number of hydrogen-bond acceptors (Lipinski definition) is 13. The topological polar surface area (TPSA) is 207 Å². The highest BCUT2D eigenvalue weighted by Gasteiger charge is 2.64. The molecule has 5 atom stereocenters. The van der Waals surface area contributed by atoms with Gasteiger partial charge in [-0.15, -0.1) is 17.9 Å². The molecule has 0 bridgehead atoms. The number of anilines is 1. The van der Waals surface area contributed by atoms with E-state index >= 15 is 0 Å². The van der Waals surface area contributed by atoms with E-state index in [1.54, 1.807) is 66.9 Å². The van der Waals surface area contributed by atoms with Crippen molar-refractivity contribution in [1.82, 2.24) is 30.2 Å². The highest BCUT2D eigenvalue weighted by Crippen LogP contribution is 2.53. The van der Waals surface area contributed by atoms with Gasteiger partial charge in [-0.25, -0.2) is 23.2 Å². The molecule has 1 aliphatic heterocycles. The molecule has 4 aliphatic rings. The summed E-state index contributed by atoms with van der Waals surface area (Å²) in [5.74, 6) is -1.27. The number of methoxy groups -OCH3 is 1. The van der Waals surface area contributed by atoms with E-state index in [9.17, 15) is 27.6 Å². The lowest BCUT2D eigenvalue weighted by atomic mass is 9.85. The Hall–Kier alpha value is -4.97. The highest BCUT2D eigenvalue weighted by molar-refractivity contribution is 7.91. The number of carbonyl (C=O) groups excluding carboxylic acids is 4. The van der Waals surface area contributed by atoms with Crippen LogP contribution in [0, 0.1) is 17.3 Å². The predicted molar refractivity (Wildman–Crippen MR) is 241 cm³/mol. The van der Waals surface area contributed by atoms with Crippen LogP contribution in [0.4, 0.5) is 9.93 Å². The van der Waals surface area contributed by atoms with Gasteiger partial charge in [0.25, 0.3) is 5.91 Å². The quantitative estimate of drug-likeness (QED) is 0.117. The van der Waals surface area contributed by atoms with Crippen LogP contribution < -0.4 is 30.1 Å². The van der Waals surface area contributed by atoms with E-state index in [-0.39, 0.29) is 25.4 Å². The molecule has 3 aromatic rings. The van der Waals surface area contributed by atoms with Gasteiger partial charge in [-0.3, -0.25) is 19.1 Å². The van der Waals surface area contributed by atoms with Crippen LogP contribution in [0.25, 0.3) is 22.3 Å². The minimum Gasteiger partial charge on any atom is -0.497 e. The van der Waals surface area contributed by atoms with Gasteiger partial charge in [-0.2, -0.15) is 0 Å². The van der Waals surface area contributed by atoms with E-state index in [4.69, 9.17) is 24.2 Å². The average Bonchev–Trinajstić information content (AvgIpc) is 4.16. The summed E-state index contributed by atoms with van der Waals surface area (Å²) < 4.78 is 46.6. The maximum atomic E-state index is 14.8. The van der Waals surface area contributed by atoms with Gasteiger partial charge in [0.15, 0.2) is 5.13 Å². The van der Waals surface area contributed by atoms with Gasteiger partial charge in [0.1, 0.15) is 46.5 Å². The summed E-state index contributed by atoms with van der Waals surface area (Å²) in [6.45, 7) is 18.3. The van der Waals surface area contributed by atoms with Crippen molar-refractivity contribution in [2.24, 2.45) is 17.3 Å². The van der Waals surface area contributed by atoms with Crippen molar-refractivity contribution in [3.05, 3.63) is 42.3 Å². The number of aromatic nitrogens is 2. The maximum absolute atomic E-state index is 14.8. The molecule has 18 heteroatoms. The van der Waals surface area contributed by atoms with E-state index in [1.807, 2.05) is 25.3 Å². The second-order valence-corrected chi connectivity index (χ2v) is 22.9. The zero-order valence-corrected chi connectivity index (χ0v) is 39.3. The van der Waals surface area contributed by atoms with Crippen LogP contribution >= 0.6 is 11.3 Å². The summed E-state index contributed by atoms with van der Waals surface area (Å²) in [5, 5.41) is 12.2. The van der Waals surface area contributed by atoms with Crippen LogP contribution in [0.3, 0.4) is 0 Å². The second-order valence-electron chi connectivity index (χ2n) is 19.9. The molecule has 1 saturated heterocycles. The molecule has 16 nitrogen and oxygen atoms in total. The number of benzene rings is 1. The molecule has 7 rings (SSSR count). The first-order valence-electron chi connectivity index (χ1n) is 21.7. The summed E-state index contributed by atoms with van der Waals surface area (Å²) >= 11 is 1.44. The number of likely N-dealkylation sites (tertiary alicyclic amines) is 1. The molecule has 342 valence electrons. The number of rotatable bonds is 16. The number of pyridine rings is 1. The van der Waals surface area contributed by atoms with Crippen molar-refractivity contribution in [2.45, 2.75) is 140 Å². The van der Waals surface area contributed by atoms with E-state index in [2.05, 4.69) is 27.3 Å². The largest absolute Gasteiger partial charge is 0.497 e. The normalized spacial score (nSPS) is 23.4. The van der Waals surface area contributed by atoms with Gasteiger partial charge in [0.05, 0.1) is 29.6 Å². The fourth-order valence-electron chi connectivity index (χ4n) is 8.26. The number of thiazole rings is 1. The number of nitrogens with one attached hydrogen (secondary N) is 4. The van der Waals surface area contributed by atoms with Crippen molar-refractivity contribution in [1.29, 1.82) is 0 Å². The first-order chi connectivity index (χ1) is 29.5. The van der Waals surface area contributed by atoms with Crippen LogP contribution in [-0.4, -0.2) is 101 Å². The number of hydrogen-bond donors (Lipinski definition) is 4. The van der Waals surface area contributed by atoms with Gasteiger partial charge in [0.2, 0.25) is 21.8 Å². The molecule has 4 N–H and O–H groups in total. The molecule has 1 unspecified atom stereocenters.